The van der Waals surface area contributed by atoms with Crippen LogP contribution in [0, 0.1) is 5.92 Å². The van der Waals surface area contributed by atoms with Crippen molar-refractivity contribution in [3.05, 3.63) is 45.6 Å². The maximum Gasteiger partial charge on any atom is 0.261 e. The number of amides is 1. The molecule has 0 spiro atoms. The van der Waals surface area contributed by atoms with Gasteiger partial charge in [-0.15, -0.1) is 11.3 Å². The second kappa shape index (κ2) is 8.69. The number of hydrogen-bond acceptors (Lipinski definition) is 5. The predicted molar refractivity (Wildman–Crippen MR) is 118 cm³/mol. The van der Waals surface area contributed by atoms with Gasteiger partial charge >= 0.3 is 0 Å². The van der Waals surface area contributed by atoms with Crippen LogP contribution in [0.4, 0.5) is 0 Å². The molecule has 162 valence electrons. The van der Waals surface area contributed by atoms with E-state index in [1.54, 1.807) is 42.7 Å². The van der Waals surface area contributed by atoms with Gasteiger partial charge in [0.1, 0.15) is 5.75 Å². The summed E-state index contributed by atoms with van der Waals surface area (Å²) < 4.78 is 32.4. The molecular formula is C22H28N2O4S2. The minimum Gasteiger partial charge on any atom is -0.497 e. The Morgan fingerprint density at radius 3 is 2.53 bits per heavy atom. The molecule has 1 saturated heterocycles. The maximum absolute atomic E-state index is 12.9. The summed E-state index contributed by atoms with van der Waals surface area (Å²) in [5, 5.41) is 3.12. The lowest BCUT2D eigenvalue weighted by Crippen LogP contribution is -2.46. The first-order chi connectivity index (χ1) is 14.4. The molecule has 1 aliphatic heterocycles. The summed E-state index contributed by atoms with van der Waals surface area (Å²) >= 11 is 1.61. The highest BCUT2D eigenvalue weighted by molar-refractivity contribution is 7.89. The highest BCUT2D eigenvalue weighted by atomic mass is 32.2. The van der Waals surface area contributed by atoms with Crippen LogP contribution >= 0.6 is 11.3 Å². The van der Waals surface area contributed by atoms with Crippen LogP contribution < -0.4 is 10.1 Å². The Labute approximate surface area is 182 Å². The summed E-state index contributed by atoms with van der Waals surface area (Å²) in [5.41, 5.74) is 1.32. The largest absolute Gasteiger partial charge is 0.497 e. The van der Waals surface area contributed by atoms with Gasteiger partial charge in [-0.1, -0.05) is 6.92 Å². The fraction of sp³-hybridized carbons (Fsp3) is 0.500. The minimum atomic E-state index is -3.53. The lowest BCUT2D eigenvalue weighted by Gasteiger charge is -2.31. The third-order valence-electron chi connectivity index (χ3n) is 6.04. The molecule has 1 N–H and O–H groups in total. The first-order valence-electron chi connectivity index (χ1n) is 10.4. The molecule has 2 aromatic rings. The molecule has 8 heteroatoms. The Balaban J connectivity index is 1.34. The van der Waals surface area contributed by atoms with Crippen LogP contribution in [-0.4, -0.2) is 44.9 Å². The highest BCUT2D eigenvalue weighted by Gasteiger charge is 2.30. The van der Waals surface area contributed by atoms with Crippen molar-refractivity contribution in [2.75, 3.05) is 20.2 Å². The van der Waals surface area contributed by atoms with Crippen LogP contribution in [-0.2, 0) is 22.9 Å². The van der Waals surface area contributed by atoms with Crippen molar-refractivity contribution >= 4 is 27.3 Å². The van der Waals surface area contributed by atoms with Crippen LogP contribution in [0.2, 0.25) is 0 Å². The topological polar surface area (TPSA) is 75.7 Å². The maximum atomic E-state index is 12.9. The molecule has 6 nitrogen and oxygen atoms in total. The molecule has 0 saturated carbocycles. The lowest BCUT2D eigenvalue weighted by molar-refractivity contribution is 0.0928. The number of hydrogen-bond donors (Lipinski definition) is 1. The second-order valence-electron chi connectivity index (χ2n) is 8.23. The fourth-order valence-corrected chi connectivity index (χ4v) is 6.79. The lowest BCUT2D eigenvalue weighted by atomic mass is 9.90. The number of rotatable bonds is 5. The van der Waals surface area contributed by atoms with Gasteiger partial charge in [-0.05, 0) is 73.9 Å². The third-order valence-corrected chi connectivity index (χ3v) is 9.19. The predicted octanol–water partition coefficient (Wildman–Crippen LogP) is 3.46. The van der Waals surface area contributed by atoms with Gasteiger partial charge in [0.25, 0.3) is 5.91 Å². The Kier molecular flexibility index (Phi) is 6.18. The summed E-state index contributed by atoms with van der Waals surface area (Å²) in [6, 6.07) is 8.50. The number of nitrogens with one attached hydrogen (secondary N) is 1. The van der Waals surface area contributed by atoms with E-state index in [9.17, 15) is 13.2 Å². The number of fused-ring (bicyclic) bond motifs is 1. The van der Waals surface area contributed by atoms with Gasteiger partial charge in [0.2, 0.25) is 10.0 Å². The van der Waals surface area contributed by atoms with Crippen molar-refractivity contribution in [1.82, 2.24) is 9.62 Å². The van der Waals surface area contributed by atoms with E-state index in [2.05, 4.69) is 12.2 Å². The van der Waals surface area contributed by atoms with Crippen molar-refractivity contribution in [2.24, 2.45) is 5.92 Å². The van der Waals surface area contributed by atoms with Gasteiger partial charge in [-0.3, -0.25) is 4.79 Å². The van der Waals surface area contributed by atoms with Crippen molar-refractivity contribution in [2.45, 2.75) is 50.0 Å². The quantitative estimate of drug-likeness (QED) is 0.760. The Morgan fingerprint density at radius 2 is 1.87 bits per heavy atom. The summed E-state index contributed by atoms with van der Waals surface area (Å²) in [6.07, 6.45) is 4.54. The van der Waals surface area contributed by atoms with E-state index in [0.717, 1.165) is 17.7 Å². The average Bonchev–Trinajstić information content (AvgIpc) is 3.17. The number of thiophene rings is 1. The molecule has 0 bridgehead atoms. The van der Waals surface area contributed by atoms with Crippen LogP contribution in [0.5, 0.6) is 5.75 Å². The van der Waals surface area contributed by atoms with E-state index in [0.29, 0.717) is 37.6 Å². The fourth-order valence-electron chi connectivity index (χ4n) is 4.21. The number of sulfonamides is 1. The van der Waals surface area contributed by atoms with Crippen LogP contribution in [0.3, 0.4) is 0 Å². The zero-order valence-electron chi connectivity index (χ0n) is 17.4. The molecule has 0 unspecified atom stereocenters. The monoisotopic (exact) mass is 448 g/mol. The van der Waals surface area contributed by atoms with E-state index >= 15 is 0 Å². The molecule has 0 radical (unpaired) electrons. The Morgan fingerprint density at radius 1 is 1.17 bits per heavy atom. The van der Waals surface area contributed by atoms with Gasteiger partial charge in [0.05, 0.1) is 16.9 Å². The molecule has 30 heavy (non-hydrogen) atoms. The van der Waals surface area contributed by atoms with E-state index in [4.69, 9.17) is 4.74 Å². The molecule has 1 aromatic carbocycles. The van der Waals surface area contributed by atoms with E-state index in [1.807, 2.05) is 6.07 Å². The number of ether oxygens (including phenoxy) is 1. The number of nitrogens with zero attached hydrogens (tertiary/aromatic N) is 1. The van der Waals surface area contributed by atoms with Crippen LogP contribution in [0.15, 0.2) is 35.2 Å². The highest BCUT2D eigenvalue weighted by Crippen LogP contribution is 2.32. The third kappa shape index (κ3) is 4.40. The molecule has 1 amide bonds. The summed E-state index contributed by atoms with van der Waals surface area (Å²) in [4.78, 5) is 15.1. The Bertz CT molecular complexity index is 1010. The number of methoxy groups -OCH3 is 1. The molecular weight excluding hydrogens is 420 g/mol. The number of piperidine rings is 1. The molecule has 1 aromatic heterocycles. The number of carbonyl (C=O) groups is 1. The molecule has 1 fully saturated rings. The second-order valence-corrected chi connectivity index (χ2v) is 11.3. The van der Waals surface area contributed by atoms with Gasteiger partial charge < -0.3 is 10.1 Å². The number of benzene rings is 1. The van der Waals surface area contributed by atoms with E-state index in [-0.39, 0.29) is 16.8 Å². The van der Waals surface area contributed by atoms with Crippen molar-refractivity contribution in [3.63, 3.8) is 0 Å². The van der Waals surface area contributed by atoms with E-state index < -0.39 is 10.0 Å². The van der Waals surface area contributed by atoms with Crippen LogP contribution in [0.1, 0.15) is 46.3 Å². The first kappa shape index (κ1) is 21.3. The molecule has 1 atom stereocenters. The van der Waals surface area contributed by atoms with Crippen LogP contribution in [0.25, 0.3) is 0 Å². The normalized spacial score (nSPS) is 20.5. The summed E-state index contributed by atoms with van der Waals surface area (Å²) in [7, 11) is -1.98. The standard InChI is InChI=1S/C22H28N2O4S2/c1-15-3-8-20-16(13-15)14-21(29-20)22(25)23-17-9-11-24(12-10-17)30(26,27)19-6-4-18(28-2)5-7-19/h4-7,14-15,17H,3,8-13H2,1-2H3,(H,23,25)/t15-/m0/s1. The van der Waals surface area contributed by atoms with Crippen molar-refractivity contribution in [1.29, 1.82) is 0 Å². The van der Waals surface area contributed by atoms with Gasteiger partial charge in [0, 0.05) is 24.0 Å². The Hall–Kier alpha value is -1.90. The van der Waals surface area contributed by atoms with Gasteiger partial charge in [-0.2, -0.15) is 4.31 Å². The van der Waals surface area contributed by atoms with Crippen molar-refractivity contribution < 1.29 is 17.9 Å². The molecule has 1 aliphatic carbocycles. The van der Waals surface area contributed by atoms with E-state index in [1.165, 1.54) is 21.2 Å². The van der Waals surface area contributed by atoms with Gasteiger partial charge in [0.15, 0.2) is 0 Å². The number of carbonyl (C=O) groups excluding carboxylic acids is 1. The summed E-state index contributed by atoms with van der Waals surface area (Å²) in [6.45, 7) is 3.06. The molecule has 2 aliphatic rings. The molecule has 2 heterocycles. The smallest absolute Gasteiger partial charge is 0.261 e. The molecule has 4 rings (SSSR count). The first-order valence-corrected chi connectivity index (χ1v) is 12.7. The minimum absolute atomic E-state index is 0.00197. The zero-order valence-corrected chi connectivity index (χ0v) is 19.0. The average molecular weight is 449 g/mol. The van der Waals surface area contributed by atoms with Crippen molar-refractivity contribution in [3.8, 4) is 5.75 Å². The zero-order chi connectivity index (χ0) is 21.3. The SMILES string of the molecule is COc1ccc(S(=O)(=O)N2CCC(NC(=O)c3cc4c(s3)CC[C@H](C)C4)CC2)cc1. The summed E-state index contributed by atoms with van der Waals surface area (Å²) in [5.74, 6) is 1.28. The van der Waals surface area contributed by atoms with Gasteiger partial charge in [-0.25, -0.2) is 8.42 Å². The number of aryl methyl sites for hydroxylation is 1.